The minimum Gasteiger partial charge on any atom is -0.444 e. The van der Waals surface area contributed by atoms with Gasteiger partial charge < -0.3 is 14.4 Å². The van der Waals surface area contributed by atoms with E-state index < -0.39 is 17.7 Å². The second kappa shape index (κ2) is 5.96. The number of hydrogen-bond acceptors (Lipinski definition) is 4. The van der Waals surface area contributed by atoms with Gasteiger partial charge >= 0.3 is 6.09 Å². The van der Waals surface area contributed by atoms with Gasteiger partial charge in [-0.1, -0.05) is 20.8 Å². The lowest BCUT2D eigenvalue weighted by Crippen LogP contribution is -2.52. The van der Waals surface area contributed by atoms with E-state index >= 15 is 0 Å². The number of carbonyl (C=O) groups excluding carboxylic acids is 2. The monoisotopic (exact) mass is 326 g/mol. The average molecular weight is 326 g/mol. The number of likely N-dealkylation sites (N-methyl/N-ethyl adjacent to an activating group) is 1. The number of ether oxygens (including phenoxy) is 2. The summed E-state index contributed by atoms with van der Waals surface area (Å²) in [7, 11) is 1.77. The standard InChI is InChI=1S/C17H30N2O4/c1-16(2,3)14-18(7)13(20)12(9-8-11-10-22-11)19(14)15(21)23-17(4,5)6/h11-12,14H,8-10H2,1-7H3. The molecule has 0 aromatic rings. The Morgan fingerprint density at radius 2 is 1.78 bits per heavy atom. The number of rotatable bonds is 3. The predicted molar refractivity (Wildman–Crippen MR) is 86.8 cm³/mol. The van der Waals surface area contributed by atoms with Gasteiger partial charge in [0.2, 0.25) is 5.91 Å². The van der Waals surface area contributed by atoms with Crippen LogP contribution in [0, 0.1) is 5.41 Å². The largest absolute Gasteiger partial charge is 0.444 e. The van der Waals surface area contributed by atoms with Crippen molar-refractivity contribution >= 4 is 12.0 Å². The molecule has 6 heteroatoms. The van der Waals surface area contributed by atoms with Crippen LogP contribution in [0.5, 0.6) is 0 Å². The Hall–Kier alpha value is -1.30. The number of hydrogen-bond donors (Lipinski definition) is 0. The highest BCUT2D eigenvalue weighted by Gasteiger charge is 2.52. The van der Waals surface area contributed by atoms with Crippen molar-refractivity contribution in [2.75, 3.05) is 13.7 Å². The molecular formula is C17H30N2O4. The second-order valence-electron chi connectivity index (χ2n) is 8.62. The molecule has 0 N–H and O–H groups in total. The van der Waals surface area contributed by atoms with Crippen molar-refractivity contribution in [3.63, 3.8) is 0 Å². The summed E-state index contributed by atoms with van der Waals surface area (Å²) in [6.07, 6.45) is 0.911. The first-order valence-corrected chi connectivity index (χ1v) is 8.31. The van der Waals surface area contributed by atoms with Crippen molar-refractivity contribution in [1.29, 1.82) is 0 Å². The Kier molecular flexibility index (Phi) is 4.68. The summed E-state index contributed by atoms with van der Waals surface area (Å²) in [6, 6.07) is -0.469. The summed E-state index contributed by atoms with van der Waals surface area (Å²) < 4.78 is 10.8. The smallest absolute Gasteiger partial charge is 0.412 e. The molecular weight excluding hydrogens is 296 g/mol. The zero-order chi connectivity index (χ0) is 17.6. The van der Waals surface area contributed by atoms with E-state index in [1.165, 1.54) is 0 Å². The zero-order valence-electron chi connectivity index (χ0n) is 15.4. The molecule has 0 aromatic heterocycles. The topological polar surface area (TPSA) is 62.4 Å². The highest BCUT2D eigenvalue weighted by molar-refractivity contribution is 5.89. The van der Waals surface area contributed by atoms with Gasteiger partial charge in [-0.3, -0.25) is 9.69 Å². The first-order valence-electron chi connectivity index (χ1n) is 8.31. The lowest BCUT2D eigenvalue weighted by molar-refractivity contribution is -0.129. The van der Waals surface area contributed by atoms with Crippen molar-refractivity contribution in [2.24, 2.45) is 5.41 Å². The summed E-state index contributed by atoms with van der Waals surface area (Å²) in [6.45, 7) is 12.4. The molecule has 0 saturated carbocycles. The van der Waals surface area contributed by atoms with Crippen molar-refractivity contribution < 1.29 is 19.1 Å². The highest BCUT2D eigenvalue weighted by Crippen LogP contribution is 2.37. The van der Waals surface area contributed by atoms with Crippen LogP contribution in [0.1, 0.15) is 54.4 Å². The Morgan fingerprint density at radius 1 is 1.22 bits per heavy atom. The van der Waals surface area contributed by atoms with Crippen LogP contribution in [0.15, 0.2) is 0 Å². The molecule has 132 valence electrons. The molecule has 0 radical (unpaired) electrons. The molecule has 2 heterocycles. The normalized spacial score (nSPS) is 28.3. The highest BCUT2D eigenvalue weighted by atomic mass is 16.6. The Labute approximate surface area is 139 Å². The van der Waals surface area contributed by atoms with Crippen LogP contribution in [0.3, 0.4) is 0 Å². The van der Waals surface area contributed by atoms with Crippen LogP contribution in [0.25, 0.3) is 0 Å². The Balaban J connectivity index is 2.25. The quantitative estimate of drug-likeness (QED) is 0.748. The van der Waals surface area contributed by atoms with Crippen LogP contribution in [0.4, 0.5) is 4.79 Å². The molecule has 2 amide bonds. The third-order valence-electron chi connectivity index (χ3n) is 4.14. The SMILES string of the molecule is CN1C(=O)C(CCC2CO2)N(C(=O)OC(C)(C)C)C1C(C)(C)C. The van der Waals surface area contributed by atoms with Gasteiger partial charge in [-0.2, -0.15) is 0 Å². The lowest BCUT2D eigenvalue weighted by atomic mass is 9.91. The molecule has 0 bridgehead atoms. The van der Waals surface area contributed by atoms with E-state index in [0.29, 0.717) is 6.42 Å². The maximum absolute atomic E-state index is 12.8. The fraction of sp³-hybridized carbons (Fsp3) is 0.882. The van der Waals surface area contributed by atoms with E-state index in [4.69, 9.17) is 9.47 Å². The Morgan fingerprint density at radius 3 is 2.22 bits per heavy atom. The molecule has 6 nitrogen and oxygen atoms in total. The van der Waals surface area contributed by atoms with Gasteiger partial charge in [0.05, 0.1) is 12.7 Å². The first kappa shape index (κ1) is 18.0. The van der Waals surface area contributed by atoms with Crippen LogP contribution < -0.4 is 0 Å². The molecule has 2 saturated heterocycles. The maximum atomic E-state index is 12.8. The molecule has 3 unspecified atom stereocenters. The van der Waals surface area contributed by atoms with E-state index in [9.17, 15) is 9.59 Å². The van der Waals surface area contributed by atoms with Gasteiger partial charge in [0.1, 0.15) is 17.8 Å². The molecule has 2 fully saturated rings. The molecule has 2 aliphatic heterocycles. The predicted octanol–water partition coefficient (Wildman–Crippen LogP) is 2.62. The van der Waals surface area contributed by atoms with Crippen LogP contribution in [-0.4, -0.2) is 59.4 Å². The number of nitrogens with zero attached hydrogens (tertiary/aromatic N) is 2. The van der Waals surface area contributed by atoms with E-state index in [1.807, 2.05) is 41.5 Å². The maximum Gasteiger partial charge on any atom is 0.412 e. The van der Waals surface area contributed by atoms with Crippen molar-refractivity contribution in [1.82, 2.24) is 9.80 Å². The van der Waals surface area contributed by atoms with Gasteiger partial charge in [0, 0.05) is 12.5 Å². The molecule has 2 rings (SSSR count). The fourth-order valence-electron chi connectivity index (χ4n) is 3.21. The van der Waals surface area contributed by atoms with Gasteiger partial charge in [-0.15, -0.1) is 0 Å². The van der Waals surface area contributed by atoms with E-state index in [2.05, 4.69) is 0 Å². The average Bonchev–Trinajstić information content (AvgIpc) is 3.13. The van der Waals surface area contributed by atoms with Crippen LogP contribution in [-0.2, 0) is 14.3 Å². The van der Waals surface area contributed by atoms with E-state index in [-0.39, 0.29) is 23.6 Å². The Bertz CT molecular complexity index is 474. The van der Waals surface area contributed by atoms with Gasteiger partial charge in [-0.05, 0) is 33.6 Å². The molecule has 0 aliphatic carbocycles. The van der Waals surface area contributed by atoms with Crippen LogP contribution in [0.2, 0.25) is 0 Å². The number of carbonyl (C=O) groups is 2. The minimum atomic E-state index is -0.589. The fourth-order valence-corrected chi connectivity index (χ4v) is 3.21. The van der Waals surface area contributed by atoms with Crippen molar-refractivity contribution in [3.8, 4) is 0 Å². The molecule has 0 spiro atoms. The molecule has 0 aromatic carbocycles. The third kappa shape index (κ3) is 4.16. The summed E-state index contributed by atoms with van der Waals surface area (Å²) in [4.78, 5) is 28.8. The molecule has 2 aliphatic rings. The zero-order valence-corrected chi connectivity index (χ0v) is 15.4. The van der Waals surface area contributed by atoms with Gasteiger partial charge in [-0.25, -0.2) is 4.79 Å². The second-order valence-corrected chi connectivity index (χ2v) is 8.62. The van der Waals surface area contributed by atoms with Crippen molar-refractivity contribution in [3.05, 3.63) is 0 Å². The van der Waals surface area contributed by atoms with E-state index in [0.717, 1.165) is 13.0 Å². The van der Waals surface area contributed by atoms with E-state index in [1.54, 1.807) is 16.8 Å². The molecule has 3 atom stereocenters. The minimum absolute atomic E-state index is 0.0172. The van der Waals surface area contributed by atoms with Gasteiger partial charge in [0.15, 0.2) is 0 Å². The van der Waals surface area contributed by atoms with Gasteiger partial charge in [0.25, 0.3) is 0 Å². The molecule has 23 heavy (non-hydrogen) atoms. The van der Waals surface area contributed by atoms with Crippen molar-refractivity contribution in [2.45, 2.75) is 78.3 Å². The number of amides is 2. The summed E-state index contributed by atoms with van der Waals surface area (Å²) in [5, 5.41) is 0. The summed E-state index contributed by atoms with van der Waals surface area (Å²) in [5.41, 5.74) is -0.847. The number of epoxide rings is 1. The summed E-state index contributed by atoms with van der Waals surface area (Å²) in [5.74, 6) is -0.0172. The summed E-state index contributed by atoms with van der Waals surface area (Å²) >= 11 is 0. The first-order chi connectivity index (χ1) is 10.4. The van der Waals surface area contributed by atoms with Crippen LogP contribution >= 0.6 is 0 Å². The third-order valence-corrected chi connectivity index (χ3v) is 4.14. The lowest BCUT2D eigenvalue weighted by Gasteiger charge is -2.39.